The van der Waals surface area contributed by atoms with Crippen molar-refractivity contribution in [3.05, 3.63) is 33.3 Å². The van der Waals surface area contributed by atoms with E-state index >= 15 is 0 Å². The lowest BCUT2D eigenvalue weighted by atomic mass is 9.90. The Bertz CT molecular complexity index is 407. The fourth-order valence-electron chi connectivity index (χ4n) is 1.42. The van der Waals surface area contributed by atoms with Crippen LogP contribution >= 0.6 is 27.5 Å². The van der Waals surface area contributed by atoms with Gasteiger partial charge < -0.3 is 10.5 Å². The van der Waals surface area contributed by atoms with Crippen LogP contribution < -0.4 is 5.73 Å². The smallest absolute Gasteiger partial charge is 0.307 e. The van der Waals surface area contributed by atoms with E-state index in [0.717, 1.165) is 10.0 Å². The Hall–Kier alpha value is -0.580. The summed E-state index contributed by atoms with van der Waals surface area (Å²) in [5, 5.41) is 0.531. The van der Waals surface area contributed by atoms with Crippen molar-refractivity contribution in [3.63, 3.8) is 0 Å². The van der Waals surface area contributed by atoms with Crippen LogP contribution in [0.3, 0.4) is 0 Å². The van der Waals surface area contributed by atoms with Crippen LogP contribution in [0, 0.1) is 0 Å². The first-order chi connectivity index (χ1) is 7.36. The lowest BCUT2D eigenvalue weighted by Gasteiger charge is -2.25. The first-order valence-corrected chi connectivity index (χ1v) is 5.85. The van der Waals surface area contributed by atoms with E-state index in [0.29, 0.717) is 5.02 Å². The highest BCUT2D eigenvalue weighted by Crippen LogP contribution is 2.31. The van der Waals surface area contributed by atoms with Crippen LogP contribution in [0.1, 0.15) is 18.9 Å². The first kappa shape index (κ1) is 13.5. The Morgan fingerprint density at radius 3 is 2.75 bits per heavy atom. The van der Waals surface area contributed by atoms with Crippen molar-refractivity contribution in [2.24, 2.45) is 5.73 Å². The number of hydrogen-bond donors (Lipinski definition) is 1. The van der Waals surface area contributed by atoms with Gasteiger partial charge in [-0.05, 0) is 24.6 Å². The van der Waals surface area contributed by atoms with E-state index in [1.165, 1.54) is 7.11 Å². The minimum absolute atomic E-state index is 0.0881. The van der Waals surface area contributed by atoms with Gasteiger partial charge in [-0.25, -0.2) is 0 Å². The molecule has 0 spiro atoms. The van der Waals surface area contributed by atoms with E-state index in [1.807, 2.05) is 6.07 Å². The van der Waals surface area contributed by atoms with Gasteiger partial charge in [0.25, 0.3) is 0 Å². The van der Waals surface area contributed by atoms with Crippen LogP contribution in [0.25, 0.3) is 0 Å². The molecule has 0 heterocycles. The van der Waals surface area contributed by atoms with Crippen LogP contribution in [0.5, 0.6) is 0 Å². The van der Waals surface area contributed by atoms with Crippen LogP contribution in [0.2, 0.25) is 5.02 Å². The number of benzene rings is 1. The number of nitrogens with two attached hydrogens (primary N) is 1. The Morgan fingerprint density at radius 1 is 1.62 bits per heavy atom. The summed E-state index contributed by atoms with van der Waals surface area (Å²) in [6.45, 7) is 1.75. The van der Waals surface area contributed by atoms with Gasteiger partial charge in [0.2, 0.25) is 0 Å². The topological polar surface area (TPSA) is 52.3 Å². The zero-order valence-electron chi connectivity index (χ0n) is 9.09. The Morgan fingerprint density at radius 2 is 2.25 bits per heavy atom. The molecule has 0 saturated carbocycles. The number of carbonyl (C=O) groups is 1. The summed E-state index contributed by atoms with van der Waals surface area (Å²) in [5.74, 6) is -0.357. The summed E-state index contributed by atoms with van der Waals surface area (Å²) >= 11 is 9.39. The second-order valence-electron chi connectivity index (χ2n) is 3.79. The second kappa shape index (κ2) is 5.17. The molecule has 0 radical (unpaired) electrons. The fourth-order valence-corrected chi connectivity index (χ4v) is 2.31. The molecule has 0 aliphatic heterocycles. The van der Waals surface area contributed by atoms with Crippen LogP contribution in [-0.4, -0.2) is 13.1 Å². The highest BCUT2D eigenvalue weighted by molar-refractivity contribution is 9.10. The molecule has 1 rings (SSSR count). The molecule has 0 bridgehead atoms. The van der Waals surface area contributed by atoms with E-state index in [1.54, 1.807) is 19.1 Å². The highest BCUT2D eigenvalue weighted by atomic mass is 79.9. The largest absolute Gasteiger partial charge is 0.469 e. The van der Waals surface area contributed by atoms with E-state index in [4.69, 9.17) is 17.3 Å². The van der Waals surface area contributed by atoms with Gasteiger partial charge in [0, 0.05) is 9.50 Å². The molecule has 1 unspecified atom stereocenters. The first-order valence-electron chi connectivity index (χ1n) is 4.68. The standard InChI is InChI=1S/C11H13BrClNO2/c1-11(14,6-10(15)16-2)8-4-3-7(12)5-9(8)13/h3-5H,6,14H2,1-2H3. The minimum Gasteiger partial charge on any atom is -0.469 e. The predicted octanol–water partition coefficient (Wildman–Crippen LogP) is 2.84. The van der Waals surface area contributed by atoms with Crippen molar-refractivity contribution in [2.45, 2.75) is 18.9 Å². The normalized spacial score (nSPS) is 14.3. The van der Waals surface area contributed by atoms with Crippen LogP contribution in [0.15, 0.2) is 22.7 Å². The maximum absolute atomic E-state index is 11.2. The average molecular weight is 307 g/mol. The zero-order chi connectivity index (χ0) is 12.3. The highest BCUT2D eigenvalue weighted by Gasteiger charge is 2.27. The number of rotatable bonds is 3. The second-order valence-corrected chi connectivity index (χ2v) is 5.12. The predicted molar refractivity (Wildman–Crippen MR) is 67.3 cm³/mol. The fraction of sp³-hybridized carbons (Fsp3) is 0.364. The number of ether oxygens (including phenoxy) is 1. The number of esters is 1. The molecule has 1 aromatic rings. The van der Waals surface area contributed by atoms with Crippen molar-refractivity contribution in [1.82, 2.24) is 0 Å². The molecule has 0 fully saturated rings. The molecule has 3 nitrogen and oxygen atoms in total. The van der Waals surface area contributed by atoms with Gasteiger partial charge in [0.15, 0.2) is 0 Å². The Labute approximate surface area is 108 Å². The van der Waals surface area contributed by atoms with E-state index < -0.39 is 5.54 Å². The summed E-state index contributed by atoms with van der Waals surface area (Å²) in [4.78, 5) is 11.2. The van der Waals surface area contributed by atoms with Gasteiger partial charge in [0.05, 0.1) is 19.1 Å². The quantitative estimate of drug-likeness (QED) is 0.874. The maximum Gasteiger partial charge on any atom is 0.307 e. The molecule has 2 N–H and O–H groups in total. The van der Waals surface area contributed by atoms with Gasteiger partial charge in [-0.1, -0.05) is 33.6 Å². The number of methoxy groups -OCH3 is 1. The Kier molecular flexibility index (Phi) is 4.35. The molecule has 0 saturated heterocycles. The zero-order valence-corrected chi connectivity index (χ0v) is 11.4. The lowest BCUT2D eigenvalue weighted by Crippen LogP contribution is -2.36. The van der Waals surface area contributed by atoms with E-state index in [9.17, 15) is 4.79 Å². The summed E-state index contributed by atoms with van der Waals surface area (Å²) in [6, 6.07) is 5.39. The molecule has 5 heteroatoms. The van der Waals surface area contributed by atoms with Crippen LogP contribution in [-0.2, 0) is 15.1 Å². The molecular formula is C11H13BrClNO2. The molecule has 88 valence electrons. The average Bonchev–Trinajstić information content (AvgIpc) is 2.16. The molecule has 1 aromatic carbocycles. The summed E-state index contributed by atoms with van der Waals surface area (Å²) < 4.78 is 5.47. The number of halogens is 2. The third-order valence-corrected chi connectivity index (χ3v) is 3.09. The monoisotopic (exact) mass is 305 g/mol. The molecule has 1 atom stereocenters. The SMILES string of the molecule is COC(=O)CC(C)(N)c1ccc(Br)cc1Cl. The summed E-state index contributed by atoms with van der Waals surface area (Å²) in [7, 11) is 1.33. The van der Waals surface area contributed by atoms with Gasteiger partial charge in [0.1, 0.15) is 0 Å². The van der Waals surface area contributed by atoms with Gasteiger partial charge in [-0.3, -0.25) is 4.79 Å². The number of carbonyl (C=O) groups excluding carboxylic acids is 1. The molecular weight excluding hydrogens is 293 g/mol. The van der Waals surface area contributed by atoms with Crippen molar-refractivity contribution in [2.75, 3.05) is 7.11 Å². The van der Waals surface area contributed by atoms with E-state index in [-0.39, 0.29) is 12.4 Å². The molecule has 0 aliphatic carbocycles. The maximum atomic E-state index is 11.2. The summed E-state index contributed by atoms with van der Waals surface area (Å²) in [6.07, 6.45) is 0.0881. The minimum atomic E-state index is -0.828. The van der Waals surface area contributed by atoms with Crippen LogP contribution in [0.4, 0.5) is 0 Å². The number of hydrogen-bond acceptors (Lipinski definition) is 3. The third kappa shape index (κ3) is 3.20. The third-order valence-electron chi connectivity index (χ3n) is 2.29. The van der Waals surface area contributed by atoms with Crippen molar-refractivity contribution in [3.8, 4) is 0 Å². The van der Waals surface area contributed by atoms with Crippen molar-refractivity contribution < 1.29 is 9.53 Å². The molecule has 0 aromatic heterocycles. The van der Waals surface area contributed by atoms with Gasteiger partial charge in [-0.2, -0.15) is 0 Å². The molecule has 0 amide bonds. The van der Waals surface area contributed by atoms with Gasteiger partial charge >= 0.3 is 5.97 Å². The lowest BCUT2D eigenvalue weighted by molar-refractivity contribution is -0.141. The Balaban J connectivity index is 3.02. The van der Waals surface area contributed by atoms with Gasteiger partial charge in [-0.15, -0.1) is 0 Å². The molecule has 0 aliphatic rings. The summed E-state index contributed by atoms with van der Waals surface area (Å²) in [5.41, 5.74) is 5.96. The molecule has 16 heavy (non-hydrogen) atoms. The van der Waals surface area contributed by atoms with Crippen molar-refractivity contribution in [1.29, 1.82) is 0 Å². The van der Waals surface area contributed by atoms with E-state index in [2.05, 4.69) is 20.7 Å². The van der Waals surface area contributed by atoms with Crippen molar-refractivity contribution >= 4 is 33.5 Å².